The molecule has 3 aliphatic rings. The van der Waals surface area contributed by atoms with Gasteiger partial charge in [-0.25, -0.2) is 48.1 Å². The normalized spacial score (nSPS) is 17.4. The minimum atomic E-state index is -3.22. The summed E-state index contributed by atoms with van der Waals surface area (Å²) in [5.74, 6) is 3.05. The third kappa shape index (κ3) is 31.3. The molecule has 0 spiro atoms. The summed E-state index contributed by atoms with van der Waals surface area (Å²) in [5.41, 5.74) is 6.52. The number of rotatable bonds is 17. The van der Waals surface area contributed by atoms with Crippen LogP contribution in [0, 0.1) is 11.6 Å². The quantitative estimate of drug-likeness (QED) is 0.0330. The minimum absolute atomic E-state index is 0.0135. The Balaban J connectivity index is 0.000000241. The van der Waals surface area contributed by atoms with Gasteiger partial charge >= 0.3 is 23.5 Å². The third-order valence-electron chi connectivity index (χ3n) is 18.7. The van der Waals surface area contributed by atoms with Gasteiger partial charge in [0.15, 0.2) is 34.5 Å². The zero-order valence-electron chi connectivity index (χ0n) is 69.0. The molecule has 0 aliphatic heterocycles. The van der Waals surface area contributed by atoms with Gasteiger partial charge in [0.1, 0.15) is 52.1 Å². The summed E-state index contributed by atoms with van der Waals surface area (Å²) in [5, 5.41) is 2.32. The lowest BCUT2D eigenvalue weighted by Gasteiger charge is -2.35. The van der Waals surface area contributed by atoms with Crippen LogP contribution in [0.2, 0.25) is 15.2 Å². The van der Waals surface area contributed by atoms with Gasteiger partial charge in [0.2, 0.25) is 0 Å². The molecule has 11 rings (SSSR count). The highest BCUT2D eigenvalue weighted by atomic mass is 36.0. The van der Waals surface area contributed by atoms with E-state index in [0.29, 0.717) is 78.8 Å². The maximum Gasteiger partial charge on any atom is 0.410 e. The molecule has 3 fully saturated rings. The predicted molar refractivity (Wildman–Crippen MR) is 457 cm³/mol. The van der Waals surface area contributed by atoms with Crippen molar-refractivity contribution in [3.63, 3.8) is 0 Å². The molecule has 3 heterocycles. The number of amides is 3. The van der Waals surface area contributed by atoms with Crippen molar-refractivity contribution in [1.29, 1.82) is 0 Å². The van der Waals surface area contributed by atoms with Gasteiger partial charge in [-0.3, -0.25) is 9.36 Å². The lowest BCUT2D eigenvalue weighted by molar-refractivity contribution is 0.0130. The van der Waals surface area contributed by atoms with Crippen LogP contribution in [0.4, 0.5) is 40.4 Å². The van der Waals surface area contributed by atoms with Crippen LogP contribution in [0.15, 0.2) is 96.6 Å². The number of nitrogens with one attached hydrogen (secondary N) is 2. The first-order valence-electron chi connectivity index (χ1n) is 38.0. The number of carbonyl (C=O) groups is 3. The van der Waals surface area contributed by atoms with E-state index in [4.69, 9.17) is 83.2 Å². The Bertz CT molecular complexity index is 4630. The Labute approximate surface area is 707 Å². The molecule has 8 aromatic rings. The highest BCUT2D eigenvalue weighted by molar-refractivity contribution is 8.24. The first-order valence-corrected chi connectivity index (χ1v) is 43.6. The molecule has 3 amide bonds. The van der Waals surface area contributed by atoms with Crippen LogP contribution in [-0.4, -0.2) is 183 Å². The average Bonchev–Trinajstić information content (AvgIpc) is 0.800. The van der Waals surface area contributed by atoms with Gasteiger partial charge in [-0.15, -0.1) is 0 Å². The van der Waals surface area contributed by atoms with Crippen LogP contribution in [0.25, 0.3) is 32.7 Å². The van der Waals surface area contributed by atoms with E-state index in [1.807, 2.05) is 74.4 Å². The van der Waals surface area contributed by atoms with Crippen LogP contribution in [0.1, 0.15) is 160 Å². The fraction of sp³-hybridized carbons (Fsp3) is 0.519. The molecule has 26 nitrogen and oxygen atoms in total. The average molecular weight is 1760 g/mol. The molecule has 4 N–H and O–H groups in total. The number of nitrogens with two attached hydrogens (primary N) is 1. The summed E-state index contributed by atoms with van der Waals surface area (Å²) in [6.45, 7) is 26.9. The van der Waals surface area contributed by atoms with Crippen molar-refractivity contribution in [2.24, 2.45) is 0 Å². The Morgan fingerprint density at radius 2 is 0.845 bits per heavy atom. The Hall–Kier alpha value is -8.08. The number of fused-ring (bicyclic) bond motifs is 3. The zero-order chi connectivity index (χ0) is 86.2. The fourth-order valence-electron chi connectivity index (χ4n) is 12.6. The molecule has 0 saturated heterocycles. The number of benzene rings is 5. The summed E-state index contributed by atoms with van der Waals surface area (Å²) in [6, 6.07) is 19.5. The topological polar surface area (TPSA) is 300 Å². The van der Waals surface area contributed by atoms with E-state index in [1.54, 1.807) is 87.5 Å². The lowest BCUT2D eigenvalue weighted by atomic mass is 9.92. The number of aromatic nitrogens is 6. The molecule has 0 radical (unpaired) electrons. The van der Waals surface area contributed by atoms with Crippen molar-refractivity contribution in [2.45, 2.75) is 213 Å². The minimum Gasteiger partial charge on any atom is -0.493 e. The smallest absolute Gasteiger partial charge is 0.410 e. The molecule has 3 saturated carbocycles. The molecule has 116 heavy (non-hydrogen) atoms. The molecule has 638 valence electrons. The number of aromatic amines is 1. The number of H-pyrrole nitrogens is 1. The second kappa shape index (κ2) is 44.6. The van der Waals surface area contributed by atoms with Gasteiger partial charge in [-0.2, -0.15) is 0 Å². The van der Waals surface area contributed by atoms with E-state index in [0.717, 1.165) is 87.8 Å². The first-order chi connectivity index (χ1) is 54.4. The van der Waals surface area contributed by atoms with Crippen LogP contribution in [-0.2, 0) is 18.8 Å². The summed E-state index contributed by atoms with van der Waals surface area (Å²) in [4.78, 5) is 80.3. The third-order valence-corrected chi connectivity index (χ3v) is 19.6. The monoisotopic (exact) mass is 1750 g/mol. The largest absolute Gasteiger partial charge is 0.493 e. The van der Waals surface area contributed by atoms with Crippen LogP contribution in [0.5, 0.6) is 34.5 Å². The van der Waals surface area contributed by atoms with Gasteiger partial charge in [0, 0.05) is 79.6 Å². The second-order valence-electron chi connectivity index (χ2n) is 30.5. The molecular formula is C81H109Cl6F2N12O14P. The van der Waals surface area contributed by atoms with E-state index in [-0.39, 0.29) is 70.3 Å². The van der Waals surface area contributed by atoms with E-state index in [1.165, 1.54) is 68.9 Å². The number of nitrogen functional groups attached to an aromatic ring is 1. The number of hydrogen-bond donors (Lipinski definition) is 3. The zero-order valence-corrected chi connectivity index (χ0v) is 74.4. The molecular weight excluding hydrogens is 1650 g/mol. The van der Waals surface area contributed by atoms with Gasteiger partial charge in [0.25, 0.3) is 5.56 Å². The van der Waals surface area contributed by atoms with E-state index < -0.39 is 33.6 Å². The number of anilines is 3. The molecule has 5 aromatic carbocycles. The highest BCUT2D eigenvalue weighted by Crippen LogP contribution is 2.61. The number of ether oxygens (including phenoxy) is 9. The summed E-state index contributed by atoms with van der Waals surface area (Å²) >= 11 is 31.3. The van der Waals surface area contributed by atoms with Crippen LogP contribution in [0.3, 0.4) is 0 Å². The van der Waals surface area contributed by atoms with Crippen molar-refractivity contribution >= 4 is 142 Å². The molecule has 3 aliphatic carbocycles. The standard InChI is InChI=1S/C27H32ClFN4O4.C21H28ClN3O4.C21H29N3O5.C6H5ClFN.C6H15N.Cl3OP/c1-27(2,3)37-26(34)33(4)17-7-9-18(10-8-17)36-24-13-19-22(14-23(24)35-5)30-15-31-25(19)32-16-6-11-21(29)20(28)12-16;1-21(2,3)29-20(26)25(4)13-6-8-14(9-7-13)28-18-10-15-16(11-17(18)27-5)23-12-24-19(15)22;1-21(2,3)29-20(26)24(4)13-6-8-14(9-7-13)28-18-10-15-16(11-17(18)27-5)22-12-23-19(15)25;7-5-3-4(9)1-2-6(5)8;1-4-7(5-2)6-3;1-5(2,3)4/h6,11-15,17-18H,7-10H2,1-5H3,(H,30,31,32);10-14H,6-9H2,1-5H3;10-14H,6-9H2,1-5H3,(H,22,23,25);1-3H,9H2;4-6H2,1-3H3;. The summed E-state index contributed by atoms with van der Waals surface area (Å²) < 4.78 is 87.1. The SMILES string of the molecule is CCN(CC)CC.COc1cc2nc[nH]c(=O)c2cc1OC1CCC(N(C)C(=O)OC(C)(C)C)CC1.COc1cc2ncnc(Cl)c2cc1OC1CCC(N(C)C(=O)OC(C)(C)C)CC1.COc1cc2ncnc(Nc3ccc(F)c(Cl)c3)c2cc1OC1CCC(N(C)C(=O)OC(C)(C)C)CC1.Nc1ccc(F)c(Cl)c1.O=P(Cl)(Cl)Cl. The number of nitrogens with zero attached hydrogens (tertiary/aromatic N) is 9. The maximum absolute atomic E-state index is 13.6. The Morgan fingerprint density at radius 3 is 1.19 bits per heavy atom. The number of hydrogen-bond acceptors (Lipinski definition) is 22. The fourth-order valence-corrected chi connectivity index (χ4v) is 13.1. The Kier molecular flexibility index (Phi) is 37.2. The van der Waals surface area contributed by atoms with E-state index in [9.17, 15) is 32.5 Å². The molecule has 0 atom stereocenters. The first kappa shape index (κ1) is 96.8. The molecule has 3 aromatic heterocycles. The number of halogens is 8. The Morgan fingerprint density at radius 1 is 0.500 bits per heavy atom. The maximum atomic E-state index is 13.6. The number of carbonyl (C=O) groups excluding carboxylic acids is 3. The molecule has 35 heteroatoms. The van der Waals surface area contributed by atoms with Crippen molar-refractivity contribution in [3.8, 4) is 34.5 Å². The highest BCUT2D eigenvalue weighted by Gasteiger charge is 2.35. The molecule has 0 bridgehead atoms. The summed E-state index contributed by atoms with van der Waals surface area (Å²) in [7, 11) is 10.1. The number of methoxy groups -OCH3 is 3. The van der Waals surface area contributed by atoms with Crippen molar-refractivity contribution in [1.82, 2.24) is 49.5 Å². The van der Waals surface area contributed by atoms with Crippen molar-refractivity contribution in [3.05, 3.63) is 129 Å². The predicted octanol–water partition coefficient (Wildman–Crippen LogP) is 21.3. The van der Waals surface area contributed by atoms with E-state index >= 15 is 0 Å². The van der Waals surface area contributed by atoms with Crippen molar-refractivity contribution in [2.75, 3.05) is 73.2 Å². The van der Waals surface area contributed by atoms with Gasteiger partial charge in [-0.1, -0.05) is 55.6 Å². The summed E-state index contributed by atoms with van der Waals surface area (Å²) in [6.07, 6.45) is 13.1. The van der Waals surface area contributed by atoms with Gasteiger partial charge in [0.05, 0.1) is 78.0 Å². The second-order valence-corrected chi connectivity index (χ2v) is 38.4. The van der Waals surface area contributed by atoms with Crippen LogP contribution < -0.4 is 45.0 Å². The van der Waals surface area contributed by atoms with Gasteiger partial charge in [-0.05, 0) is 247 Å². The lowest BCUT2D eigenvalue weighted by Crippen LogP contribution is -2.43. The van der Waals surface area contributed by atoms with Gasteiger partial charge < -0.3 is 78.3 Å². The van der Waals surface area contributed by atoms with Crippen molar-refractivity contribution < 1.29 is 70.4 Å². The van der Waals surface area contributed by atoms with Crippen LogP contribution >= 0.6 is 73.7 Å². The molecule has 0 unspecified atom stereocenters. The van der Waals surface area contributed by atoms with E-state index in [2.05, 4.69) is 94.6 Å².